The highest BCUT2D eigenvalue weighted by atomic mass is 35.5. The molecule has 4 rings (SSSR count). The molecule has 1 N–H and O–H groups in total. The topological polar surface area (TPSA) is 88.4 Å². The first-order valence-electron chi connectivity index (χ1n) is 9.02. The predicted octanol–water partition coefficient (Wildman–Crippen LogP) is 0.444. The molecule has 3 heterocycles. The first-order valence-corrected chi connectivity index (χ1v) is 9.40. The summed E-state index contributed by atoms with van der Waals surface area (Å²) < 4.78 is 6.90. The number of benzene rings is 1. The number of likely N-dealkylation sites (tertiary alicyclic amines) is 1. The lowest BCUT2D eigenvalue weighted by Crippen LogP contribution is -2.49. The van der Waals surface area contributed by atoms with Crippen LogP contribution in [0, 0.1) is 0 Å². The van der Waals surface area contributed by atoms with Crippen LogP contribution in [0.5, 0.6) is 5.75 Å². The minimum absolute atomic E-state index is 0.0605. The van der Waals surface area contributed by atoms with Crippen molar-refractivity contribution < 1.29 is 9.53 Å². The summed E-state index contributed by atoms with van der Waals surface area (Å²) in [5, 5.41) is 14.8. The average Bonchev–Trinajstić information content (AvgIpc) is 3.40. The standard InChI is InChI=1S/C17H22ClN7O2/c1-27-16-9-15(25-11-20-21-22-25)14(18)8-13(16)17(26)24-5-2-12(10-24)23-6-3-19-4-7-23/h8-9,11-12,19H,2-7,10H2,1H3. The Balaban J connectivity index is 1.54. The third-order valence-electron chi connectivity index (χ3n) is 5.21. The van der Waals surface area contributed by atoms with E-state index < -0.39 is 0 Å². The number of hydrogen-bond acceptors (Lipinski definition) is 7. The molecule has 10 heteroatoms. The largest absolute Gasteiger partial charge is 0.496 e. The van der Waals surface area contributed by atoms with Gasteiger partial charge in [0, 0.05) is 51.4 Å². The Hall–Kier alpha value is -2.23. The second-order valence-electron chi connectivity index (χ2n) is 6.74. The van der Waals surface area contributed by atoms with Crippen molar-refractivity contribution in [1.82, 2.24) is 35.3 Å². The highest BCUT2D eigenvalue weighted by Crippen LogP contribution is 2.31. The lowest BCUT2D eigenvalue weighted by Gasteiger charge is -2.32. The van der Waals surface area contributed by atoms with Gasteiger partial charge in [0.2, 0.25) is 0 Å². The number of aromatic nitrogens is 4. The van der Waals surface area contributed by atoms with Gasteiger partial charge in [-0.3, -0.25) is 9.69 Å². The smallest absolute Gasteiger partial charge is 0.257 e. The average molecular weight is 392 g/mol. The molecule has 1 atom stereocenters. The number of nitrogens with zero attached hydrogens (tertiary/aromatic N) is 6. The van der Waals surface area contributed by atoms with Crippen LogP contribution >= 0.6 is 11.6 Å². The molecule has 0 bridgehead atoms. The summed E-state index contributed by atoms with van der Waals surface area (Å²) in [6, 6.07) is 3.74. The van der Waals surface area contributed by atoms with Crippen molar-refractivity contribution in [3.63, 3.8) is 0 Å². The number of methoxy groups -OCH3 is 1. The van der Waals surface area contributed by atoms with Crippen molar-refractivity contribution in [2.45, 2.75) is 12.5 Å². The zero-order valence-corrected chi connectivity index (χ0v) is 15.9. The minimum Gasteiger partial charge on any atom is -0.496 e. The maximum absolute atomic E-state index is 13.1. The number of piperazine rings is 1. The number of nitrogens with one attached hydrogen (secondary N) is 1. The first-order chi connectivity index (χ1) is 13.2. The highest BCUT2D eigenvalue weighted by molar-refractivity contribution is 6.33. The molecule has 2 aliphatic rings. The van der Waals surface area contributed by atoms with Crippen molar-refractivity contribution in [3.8, 4) is 11.4 Å². The van der Waals surface area contributed by atoms with E-state index in [0.29, 0.717) is 28.1 Å². The van der Waals surface area contributed by atoms with E-state index in [2.05, 4.69) is 25.7 Å². The number of tetrazole rings is 1. The Morgan fingerprint density at radius 1 is 1.30 bits per heavy atom. The van der Waals surface area contributed by atoms with Crippen LogP contribution in [-0.2, 0) is 0 Å². The molecule has 2 aromatic rings. The Kier molecular flexibility index (Phi) is 5.24. The SMILES string of the molecule is COc1cc(-n2cnnn2)c(Cl)cc1C(=O)N1CCC(N2CCNCC2)C1. The van der Waals surface area contributed by atoms with E-state index in [1.165, 1.54) is 18.1 Å². The summed E-state index contributed by atoms with van der Waals surface area (Å²) in [6.07, 6.45) is 2.44. The minimum atomic E-state index is -0.0605. The highest BCUT2D eigenvalue weighted by Gasteiger charge is 2.32. The summed E-state index contributed by atoms with van der Waals surface area (Å²) in [5.41, 5.74) is 1.02. The van der Waals surface area contributed by atoms with Gasteiger partial charge in [-0.15, -0.1) is 5.10 Å². The lowest BCUT2D eigenvalue weighted by molar-refractivity contribution is 0.0770. The Labute approximate surface area is 162 Å². The maximum atomic E-state index is 13.1. The number of carbonyl (C=O) groups excluding carboxylic acids is 1. The summed E-state index contributed by atoms with van der Waals surface area (Å²) in [4.78, 5) is 17.5. The van der Waals surface area contributed by atoms with Crippen molar-refractivity contribution in [2.75, 3.05) is 46.4 Å². The van der Waals surface area contributed by atoms with Crippen LogP contribution in [0.15, 0.2) is 18.5 Å². The monoisotopic (exact) mass is 391 g/mol. The fourth-order valence-corrected chi connectivity index (χ4v) is 4.02. The molecule has 1 aromatic heterocycles. The summed E-state index contributed by atoms with van der Waals surface area (Å²) >= 11 is 6.39. The normalized spacial score (nSPS) is 20.8. The molecule has 0 radical (unpaired) electrons. The number of rotatable bonds is 4. The van der Waals surface area contributed by atoms with E-state index in [1.807, 2.05) is 4.90 Å². The van der Waals surface area contributed by atoms with Gasteiger partial charge in [0.25, 0.3) is 5.91 Å². The molecule has 144 valence electrons. The number of halogens is 1. The fourth-order valence-electron chi connectivity index (χ4n) is 3.77. The van der Waals surface area contributed by atoms with Gasteiger partial charge in [-0.25, -0.2) is 0 Å². The third kappa shape index (κ3) is 3.62. The molecular weight excluding hydrogens is 370 g/mol. The van der Waals surface area contributed by atoms with Gasteiger partial charge in [-0.2, -0.15) is 4.68 Å². The second kappa shape index (κ2) is 7.79. The molecular formula is C17H22ClN7O2. The molecule has 1 amide bonds. The van der Waals surface area contributed by atoms with Gasteiger partial charge in [0.05, 0.1) is 23.4 Å². The Morgan fingerprint density at radius 2 is 2.11 bits per heavy atom. The van der Waals surface area contributed by atoms with E-state index in [4.69, 9.17) is 16.3 Å². The second-order valence-corrected chi connectivity index (χ2v) is 7.15. The van der Waals surface area contributed by atoms with Gasteiger partial charge in [0.15, 0.2) is 0 Å². The predicted molar refractivity (Wildman–Crippen MR) is 99.5 cm³/mol. The molecule has 2 aliphatic heterocycles. The summed E-state index contributed by atoms with van der Waals surface area (Å²) in [6.45, 7) is 5.54. The molecule has 1 aromatic carbocycles. The van der Waals surface area contributed by atoms with E-state index in [0.717, 1.165) is 45.7 Å². The fraction of sp³-hybridized carbons (Fsp3) is 0.529. The van der Waals surface area contributed by atoms with Crippen LogP contribution in [0.3, 0.4) is 0 Å². The van der Waals surface area contributed by atoms with Crippen LogP contribution in [0.25, 0.3) is 5.69 Å². The van der Waals surface area contributed by atoms with Gasteiger partial charge >= 0.3 is 0 Å². The Morgan fingerprint density at radius 3 is 2.81 bits per heavy atom. The number of carbonyl (C=O) groups is 1. The number of ether oxygens (including phenoxy) is 1. The van der Waals surface area contributed by atoms with E-state index >= 15 is 0 Å². The van der Waals surface area contributed by atoms with E-state index in [1.54, 1.807) is 12.1 Å². The van der Waals surface area contributed by atoms with Crippen LogP contribution in [-0.4, -0.2) is 88.3 Å². The van der Waals surface area contributed by atoms with Gasteiger partial charge in [-0.05, 0) is 22.9 Å². The number of amides is 1. The van der Waals surface area contributed by atoms with Crippen molar-refractivity contribution in [2.24, 2.45) is 0 Å². The van der Waals surface area contributed by atoms with Crippen LogP contribution in [0.1, 0.15) is 16.8 Å². The van der Waals surface area contributed by atoms with Crippen molar-refractivity contribution in [1.29, 1.82) is 0 Å². The summed E-state index contributed by atoms with van der Waals surface area (Å²) in [5.74, 6) is 0.398. The molecule has 2 fully saturated rings. The molecule has 1 unspecified atom stereocenters. The van der Waals surface area contributed by atoms with Crippen LogP contribution < -0.4 is 10.1 Å². The zero-order chi connectivity index (χ0) is 18.8. The summed E-state index contributed by atoms with van der Waals surface area (Å²) in [7, 11) is 1.54. The van der Waals surface area contributed by atoms with E-state index in [-0.39, 0.29) is 5.91 Å². The maximum Gasteiger partial charge on any atom is 0.257 e. The molecule has 2 saturated heterocycles. The van der Waals surface area contributed by atoms with Gasteiger partial charge in [-0.1, -0.05) is 11.6 Å². The van der Waals surface area contributed by atoms with E-state index in [9.17, 15) is 4.79 Å². The Bertz CT molecular complexity index is 808. The molecule has 0 aliphatic carbocycles. The third-order valence-corrected chi connectivity index (χ3v) is 5.52. The first kappa shape index (κ1) is 18.1. The van der Waals surface area contributed by atoms with Gasteiger partial charge < -0.3 is 15.0 Å². The van der Waals surface area contributed by atoms with Gasteiger partial charge in [0.1, 0.15) is 12.1 Å². The van der Waals surface area contributed by atoms with Crippen LogP contribution in [0.4, 0.5) is 0 Å². The van der Waals surface area contributed by atoms with Crippen LogP contribution in [0.2, 0.25) is 5.02 Å². The molecule has 0 saturated carbocycles. The van der Waals surface area contributed by atoms with Crippen molar-refractivity contribution >= 4 is 17.5 Å². The van der Waals surface area contributed by atoms with Crippen molar-refractivity contribution in [3.05, 3.63) is 29.0 Å². The number of hydrogen-bond donors (Lipinski definition) is 1. The molecule has 9 nitrogen and oxygen atoms in total. The zero-order valence-electron chi connectivity index (χ0n) is 15.1. The quantitative estimate of drug-likeness (QED) is 0.809. The molecule has 27 heavy (non-hydrogen) atoms. The molecule has 0 spiro atoms. The lowest BCUT2D eigenvalue weighted by atomic mass is 10.1.